The largest absolute Gasteiger partial charge is 0.497 e. The van der Waals surface area contributed by atoms with Crippen molar-refractivity contribution >= 4 is 28.9 Å². The quantitative estimate of drug-likeness (QED) is 0.372. The molecule has 0 aliphatic carbocycles. The first kappa shape index (κ1) is 20.7. The van der Waals surface area contributed by atoms with E-state index in [4.69, 9.17) is 9.47 Å². The summed E-state index contributed by atoms with van der Waals surface area (Å²) in [5, 5.41) is 13.1. The molecule has 0 aliphatic heterocycles. The Hall–Kier alpha value is -4.05. The van der Waals surface area contributed by atoms with Gasteiger partial charge in [-0.2, -0.15) is 5.26 Å². The average molecular weight is 403 g/mol. The Morgan fingerprint density at radius 3 is 2.53 bits per heavy atom. The van der Waals surface area contributed by atoms with E-state index in [1.54, 1.807) is 30.0 Å². The van der Waals surface area contributed by atoms with Crippen molar-refractivity contribution in [2.24, 2.45) is 0 Å². The first-order valence-corrected chi connectivity index (χ1v) is 9.23. The van der Waals surface area contributed by atoms with E-state index < -0.39 is 5.91 Å². The number of aromatic nitrogens is 1. The van der Waals surface area contributed by atoms with Crippen LogP contribution in [0, 0.1) is 11.3 Å². The van der Waals surface area contributed by atoms with Gasteiger partial charge >= 0.3 is 5.97 Å². The van der Waals surface area contributed by atoms with Crippen molar-refractivity contribution in [3.63, 3.8) is 0 Å². The number of nitrogens with zero attached hydrogens (tertiary/aromatic N) is 2. The molecular weight excluding hydrogens is 382 g/mol. The van der Waals surface area contributed by atoms with E-state index in [9.17, 15) is 14.9 Å². The van der Waals surface area contributed by atoms with Crippen molar-refractivity contribution in [3.8, 4) is 11.8 Å². The highest BCUT2D eigenvalue weighted by molar-refractivity contribution is 6.04. The third-order valence-electron chi connectivity index (χ3n) is 4.62. The number of rotatable bonds is 7. The number of benzene rings is 2. The molecule has 0 saturated carbocycles. The van der Waals surface area contributed by atoms with E-state index >= 15 is 0 Å². The lowest BCUT2D eigenvalue weighted by Crippen LogP contribution is -2.23. The molecule has 0 spiro atoms. The second kappa shape index (κ2) is 9.43. The third-order valence-corrected chi connectivity index (χ3v) is 4.62. The Morgan fingerprint density at radius 2 is 1.87 bits per heavy atom. The van der Waals surface area contributed by atoms with Crippen LogP contribution in [0.2, 0.25) is 0 Å². The van der Waals surface area contributed by atoms with Gasteiger partial charge in [0.1, 0.15) is 23.9 Å². The maximum absolute atomic E-state index is 12.5. The van der Waals surface area contributed by atoms with E-state index in [1.807, 2.05) is 42.5 Å². The molecule has 30 heavy (non-hydrogen) atoms. The second-order valence-corrected chi connectivity index (χ2v) is 6.51. The number of esters is 1. The van der Waals surface area contributed by atoms with Crippen LogP contribution in [-0.2, 0) is 27.4 Å². The predicted molar refractivity (Wildman–Crippen MR) is 112 cm³/mol. The van der Waals surface area contributed by atoms with Crippen molar-refractivity contribution in [2.45, 2.75) is 13.1 Å². The van der Waals surface area contributed by atoms with Gasteiger partial charge in [0.2, 0.25) is 0 Å². The van der Waals surface area contributed by atoms with Crippen molar-refractivity contribution in [3.05, 3.63) is 71.4 Å². The summed E-state index contributed by atoms with van der Waals surface area (Å²) in [7, 11) is 2.92. The summed E-state index contributed by atoms with van der Waals surface area (Å²) in [6.07, 6.45) is 3.26. The van der Waals surface area contributed by atoms with Crippen molar-refractivity contribution in [2.75, 3.05) is 14.2 Å². The van der Waals surface area contributed by atoms with Crippen LogP contribution in [0.1, 0.15) is 11.1 Å². The van der Waals surface area contributed by atoms with Crippen LogP contribution in [0.3, 0.4) is 0 Å². The summed E-state index contributed by atoms with van der Waals surface area (Å²) in [5.74, 6) is -0.131. The lowest BCUT2D eigenvalue weighted by Gasteiger charge is -2.05. The molecule has 0 bridgehead atoms. The number of fused-ring (bicyclic) bond motifs is 1. The number of carbonyl (C=O) groups excluding carboxylic acids is 2. The van der Waals surface area contributed by atoms with E-state index in [-0.39, 0.29) is 24.6 Å². The second-order valence-electron chi connectivity index (χ2n) is 6.51. The SMILES string of the molecule is COC(=O)Cn1cc(/C=C(/C#N)C(=O)NCc2ccc(OC)cc2)c2ccccc21. The molecule has 7 nitrogen and oxygen atoms in total. The molecule has 0 aliphatic rings. The molecule has 1 heterocycles. The fraction of sp³-hybridized carbons (Fsp3) is 0.174. The predicted octanol–water partition coefficient (Wildman–Crippen LogP) is 3.05. The fourth-order valence-electron chi connectivity index (χ4n) is 3.05. The Labute approximate surface area is 174 Å². The minimum Gasteiger partial charge on any atom is -0.497 e. The van der Waals surface area contributed by atoms with Crippen LogP contribution >= 0.6 is 0 Å². The van der Waals surface area contributed by atoms with E-state index in [1.165, 1.54) is 13.2 Å². The van der Waals surface area contributed by atoms with Crippen LogP contribution < -0.4 is 10.1 Å². The van der Waals surface area contributed by atoms with E-state index in [2.05, 4.69) is 5.32 Å². The molecular formula is C23H21N3O4. The molecule has 0 unspecified atom stereocenters. The van der Waals surface area contributed by atoms with Crippen LogP contribution in [0.4, 0.5) is 0 Å². The van der Waals surface area contributed by atoms with Gasteiger partial charge in [-0.15, -0.1) is 0 Å². The van der Waals surface area contributed by atoms with Gasteiger partial charge in [0.25, 0.3) is 5.91 Å². The van der Waals surface area contributed by atoms with Gasteiger partial charge in [0.05, 0.1) is 14.2 Å². The molecule has 3 aromatic rings. The van der Waals surface area contributed by atoms with Gasteiger partial charge in [-0.1, -0.05) is 30.3 Å². The zero-order valence-corrected chi connectivity index (χ0v) is 16.7. The highest BCUT2D eigenvalue weighted by atomic mass is 16.5. The molecule has 2 aromatic carbocycles. The molecule has 1 N–H and O–H groups in total. The number of hydrogen-bond donors (Lipinski definition) is 1. The number of amides is 1. The molecule has 0 radical (unpaired) electrons. The fourth-order valence-corrected chi connectivity index (χ4v) is 3.05. The smallest absolute Gasteiger partial charge is 0.325 e. The molecule has 3 rings (SSSR count). The molecule has 7 heteroatoms. The van der Waals surface area contributed by atoms with Crippen LogP contribution in [0.15, 0.2) is 60.3 Å². The van der Waals surface area contributed by atoms with E-state index in [0.29, 0.717) is 5.56 Å². The maximum Gasteiger partial charge on any atom is 0.325 e. The summed E-state index contributed by atoms with van der Waals surface area (Å²) in [4.78, 5) is 24.2. The highest BCUT2D eigenvalue weighted by Crippen LogP contribution is 2.24. The van der Waals surface area contributed by atoms with Gasteiger partial charge in [-0.3, -0.25) is 9.59 Å². The normalized spacial score (nSPS) is 11.0. The molecule has 0 atom stereocenters. The van der Waals surface area contributed by atoms with Crippen LogP contribution in [0.25, 0.3) is 17.0 Å². The summed E-state index contributed by atoms with van der Waals surface area (Å²) in [5.41, 5.74) is 2.34. The topological polar surface area (TPSA) is 93.4 Å². The van der Waals surface area contributed by atoms with Crippen LogP contribution in [-0.4, -0.2) is 30.7 Å². The van der Waals surface area contributed by atoms with Gasteiger partial charge in [-0.25, -0.2) is 0 Å². The highest BCUT2D eigenvalue weighted by Gasteiger charge is 2.14. The zero-order chi connectivity index (χ0) is 21.5. The van der Waals surface area contributed by atoms with E-state index in [0.717, 1.165) is 22.2 Å². The Balaban J connectivity index is 1.82. The number of ether oxygens (including phenoxy) is 2. The zero-order valence-electron chi connectivity index (χ0n) is 16.7. The molecule has 1 aromatic heterocycles. The summed E-state index contributed by atoms with van der Waals surface area (Å²) in [6, 6.07) is 16.7. The lowest BCUT2D eigenvalue weighted by atomic mass is 10.1. The van der Waals surface area contributed by atoms with Crippen molar-refractivity contribution in [1.82, 2.24) is 9.88 Å². The molecule has 0 saturated heterocycles. The number of nitrogens with one attached hydrogen (secondary N) is 1. The van der Waals surface area contributed by atoms with Crippen molar-refractivity contribution in [1.29, 1.82) is 5.26 Å². The monoisotopic (exact) mass is 403 g/mol. The van der Waals surface area contributed by atoms with Gasteiger partial charge in [0, 0.05) is 29.2 Å². The van der Waals surface area contributed by atoms with Crippen molar-refractivity contribution < 1.29 is 19.1 Å². The molecule has 0 fully saturated rings. The number of nitriles is 1. The van der Waals surface area contributed by atoms with Gasteiger partial charge < -0.3 is 19.4 Å². The number of carbonyl (C=O) groups is 2. The molecule has 152 valence electrons. The summed E-state index contributed by atoms with van der Waals surface area (Å²) >= 11 is 0. The maximum atomic E-state index is 12.5. The minimum atomic E-state index is -0.474. The number of hydrogen-bond acceptors (Lipinski definition) is 5. The first-order valence-electron chi connectivity index (χ1n) is 9.23. The third kappa shape index (κ3) is 4.67. The number of para-hydroxylation sites is 1. The minimum absolute atomic E-state index is 0.0236. The van der Waals surface area contributed by atoms with Gasteiger partial charge in [-0.05, 0) is 29.8 Å². The Kier molecular flexibility index (Phi) is 6.50. The van der Waals surface area contributed by atoms with Gasteiger partial charge in [0.15, 0.2) is 0 Å². The Morgan fingerprint density at radius 1 is 1.13 bits per heavy atom. The number of methoxy groups -OCH3 is 2. The average Bonchev–Trinajstić information content (AvgIpc) is 3.13. The lowest BCUT2D eigenvalue weighted by molar-refractivity contribution is -0.141. The molecule has 1 amide bonds. The van der Waals surface area contributed by atoms with Crippen LogP contribution in [0.5, 0.6) is 5.75 Å². The first-order chi connectivity index (χ1) is 14.5. The Bertz CT molecular complexity index is 1140. The summed E-state index contributed by atoms with van der Waals surface area (Å²) < 4.78 is 11.6. The summed E-state index contributed by atoms with van der Waals surface area (Å²) in [6.45, 7) is 0.322. The standard InChI is InChI=1S/C23H21N3O4/c1-29-19-9-7-16(8-10-19)13-25-23(28)17(12-24)11-18-14-26(15-22(27)30-2)21-6-4-3-5-20(18)21/h3-11,14H,13,15H2,1-2H3,(H,25,28)/b17-11-.